The molecule has 0 bridgehead atoms. The Labute approximate surface area is 138 Å². The highest BCUT2D eigenvalue weighted by Gasteiger charge is 2.25. The summed E-state index contributed by atoms with van der Waals surface area (Å²) in [5.41, 5.74) is 0. The standard InChI is InChI=1S/C15H17ClN4OS/c16-12-3-5-14(6-4-12)22-9-15(21)19-7-1-2-13(8-19)20-11-17-10-18-20/h3-6,10-11,13H,1-2,7-9H2/t13-/m0/s1. The molecule has 1 aliphatic rings. The summed E-state index contributed by atoms with van der Waals surface area (Å²) in [4.78, 5) is 19.4. The first-order chi connectivity index (χ1) is 10.7. The van der Waals surface area contributed by atoms with Gasteiger partial charge in [0.2, 0.25) is 5.91 Å². The number of rotatable bonds is 4. The molecular weight excluding hydrogens is 320 g/mol. The van der Waals surface area contributed by atoms with Gasteiger partial charge in [-0.2, -0.15) is 5.10 Å². The number of carbonyl (C=O) groups is 1. The molecule has 0 radical (unpaired) electrons. The molecule has 0 N–H and O–H groups in total. The van der Waals surface area contributed by atoms with Crippen molar-refractivity contribution < 1.29 is 4.79 Å². The summed E-state index contributed by atoms with van der Waals surface area (Å²) >= 11 is 7.41. The number of likely N-dealkylation sites (tertiary alicyclic amines) is 1. The fourth-order valence-corrected chi connectivity index (χ4v) is 3.50. The maximum atomic E-state index is 12.4. The van der Waals surface area contributed by atoms with E-state index in [1.165, 1.54) is 6.33 Å². The minimum atomic E-state index is 0.171. The number of halogens is 1. The number of nitrogens with zero attached hydrogens (tertiary/aromatic N) is 4. The van der Waals surface area contributed by atoms with Gasteiger partial charge in [0.05, 0.1) is 11.8 Å². The number of benzene rings is 1. The molecule has 0 saturated carbocycles. The number of hydrogen-bond donors (Lipinski definition) is 0. The van der Waals surface area contributed by atoms with Gasteiger partial charge in [-0.05, 0) is 37.1 Å². The number of thioether (sulfide) groups is 1. The molecule has 2 aromatic rings. The first-order valence-corrected chi connectivity index (χ1v) is 8.59. The van der Waals surface area contributed by atoms with E-state index in [0.29, 0.717) is 17.3 Å². The summed E-state index contributed by atoms with van der Waals surface area (Å²) in [5, 5.41) is 4.90. The number of aromatic nitrogens is 3. The van der Waals surface area contributed by atoms with Crippen LogP contribution < -0.4 is 0 Å². The molecule has 0 unspecified atom stereocenters. The van der Waals surface area contributed by atoms with Crippen LogP contribution in [0.1, 0.15) is 18.9 Å². The fraction of sp³-hybridized carbons (Fsp3) is 0.400. The van der Waals surface area contributed by atoms with Crippen LogP contribution in [0.3, 0.4) is 0 Å². The van der Waals surface area contributed by atoms with Gasteiger partial charge in [-0.1, -0.05) is 11.6 Å². The molecule has 3 rings (SSSR count). The molecule has 1 aromatic carbocycles. The Morgan fingerprint density at radius 3 is 2.91 bits per heavy atom. The monoisotopic (exact) mass is 336 g/mol. The zero-order chi connectivity index (χ0) is 15.4. The zero-order valence-electron chi connectivity index (χ0n) is 12.1. The Morgan fingerprint density at radius 2 is 2.18 bits per heavy atom. The number of piperidine rings is 1. The smallest absolute Gasteiger partial charge is 0.233 e. The van der Waals surface area contributed by atoms with E-state index < -0.39 is 0 Å². The molecule has 1 atom stereocenters. The van der Waals surface area contributed by atoms with Crippen molar-refractivity contribution in [1.29, 1.82) is 0 Å². The summed E-state index contributed by atoms with van der Waals surface area (Å²) in [6, 6.07) is 7.80. The molecule has 1 fully saturated rings. The maximum Gasteiger partial charge on any atom is 0.233 e. The number of carbonyl (C=O) groups excluding carboxylic acids is 1. The third-order valence-electron chi connectivity index (χ3n) is 3.74. The Hall–Kier alpha value is -1.53. The molecule has 1 saturated heterocycles. The Balaban J connectivity index is 1.54. The third-order valence-corrected chi connectivity index (χ3v) is 4.98. The second-order valence-electron chi connectivity index (χ2n) is 5.25. The number of hydrogen-bond acceptors (Lipinski definition) is 4. The lowest BCUT2D eigenvalue weighted by Crippen LogP contribution is -2.41. The molecule has 1 amide bonds. The highest BCUT2D eigenvalue weighted by molar-refractivity contribution is 8.00. The molecule has 0 spiro atoms. The summed E-state index contributed by atoms with van der Waals surface area (Å²) in [7, 11) is 0. The topological polar surface area (TPSA) is 51.0 Å². The van der Waals surface area contributed by atoms with E-state index in [1.807, 2.05) is 33.8 Å². The minimum absolute atomic E-state index is 0.171. The van der Waals surface area contributed by atoms with Crippen LogP contribution in [0.2, 0.25) is 5.02 Å². The van der Waals surface area contributed by atoms with Gasteiger partial charge in [0.15, 0.2) is 0 Å². The summed E-state index contributed by atoms with van der Waals surface area (Å²) in [6.45, 7) is 1.54. The SMILES string of the molecule is O=C(CSc1ccc(Cl)cc1)N1CCC[C@H](n2cncn2)C1. The van der Waals surface area contributed by atoms with Crippen LogP contribution in [0.5, 0.6) is 0 Å². The van der Waals surface area contributed by atoms with E-state index in [9.17, 15) is 4.79 Å². The van der Waals surface area contributed by atoms with Crippen LogP contribution >= 0.6 is 23.4 Å². The van der Waals surface area contributed by atoms with Crippen molar-refractivity contribution in [2.24, 2.45) is 0 Å². The van der Waals surface area contributed by atoms with Gasteiger partial charge in [-0.25, -0.2) is 9.67 Å². The average molecular weight is 337 g/mol. The van der Waals surface area contributed by atoms with Crippen LogP contribution in [-0.2, 0) is 4.79 Å². The zero-order valence-corrected chi connectivity index (χ0v) is 13.6. The van der Waals surface area contributed by atoms with E-state index in [4.69, 9.17) is 11.6 Å². The lowest BCUT2D eigenvalue weighted by molar-refractivity contribution is -0.130. The van der Waals surface area contributed by atoms with Crippen LogP contribution in [0, 0.1) is 0 Å². The molecular formula is C15H17ClN4OS. The molecule has 0 aliphatic carbocycles. The van der Waals surface area contributed by atoms with E-state index in [-0.39, 0.29) is 11.9 Å². The van der Waals surface area contributed by atoms with Gasteiger partial charge in [0.1, 0.15) is 12.7 Å². The highest BCUT2D eigenvalue weighted by Crippen LogP contribution is 2.24. The number of amides is 1. The van der Waals surface area contributed by atoms with Crippen LogP contribution in [-0.4, -0.2) is 44.4 Å². The van der Waals surface area contributed by atoms with Crippen LogP contribution in [0.15, 0.2) is 41.8 Å². The van der Waals surface area contributed by atoms with Crippen LogP contribution in [0.4, 0.5) is 0 Å². The molecule has 1 aromatic heterocycles. The van der Waals surface area contributed by atoms with Gasteiger partial charge in [-0.15, -0.1) is 11.8 Å². The predicted molar refractivity (Wildman–Crippen MR) is 87.0 cm³/mol. The minimum Gasteiger partial charge on any atom is -0.340 e. The van der Waals surface area contributed by atoms with Gasteiger partial charge < -0.3 is 4.90 Å². The Kier molecular flexibility index (Phi) is 5.00. The van der Waals surface area contributed by atoms with E-state index in [0.717, 1.165) is 24.3 Å². The molecule has 7 heteroatoms. The lowest BCUT2D eigenvalue weighted by atomic mass is 10.1. The quantitative estimate of drug-likeness (QED) is 0.806. The average Bonchev–Trinajstić information content (AvgIpc) is 3.09. The van der Waals surface area contributed by atoms with Gasteiger partial charge in [0, 0.05) is 23.0 Å². The Morgan fingerprint density at radius 1 is 1.36 bits per heavy atom. The van der Waals surface area contributed by atoms with Crippen molar-refractivity contribution in [3.8, 4) is 0 Å². The van der Waals surface area contributed by atoms with Crippen molar-refractivity contribution in [2.75, 3.05) is 18.8 Å². The van der Waals surface area contributed by atoms with E-state index in [2.05, 4.69) is 10.1 Å². The molecule has 5 nitrogen and oxygen atoms in total. The molecule has 116 valence electrons. The maximum absolute atomic E-state index is 12.4. The van der Waals surface area contributed by atoms with E-state index in [1.54, 1.807) is 18.1 Å². The van der Waals surface area contributed by atoms with Crippen molar-refractivity contribution in [1.82, 2.24) is 19.7 Å². The first kappa shape index (κ1) is 15.4. The highest BCUT2D eigenvalue weighted by atomic mass is 35.5. The lowest BCUT2D eigenvalue weighted by Gasteiger charge is -2.32. The second-order valence-corrected chi connectivity index (χ2v) is 6.74. The van der Waals surface area contributed by atoms with Gasteiger partial charge in [0.25, 0.3) is 0 Å². The summed E-state index contributed by atoms with van der Waals surface area (Å²) in [5.74, 6) is 0.621. The van der Waals surface area contributed by atoms with Gasteiger partial charge in [-0.3, -0.25) is 4.79 Å². The first-order valence-electron chi connectivity index (χ1n) is 7.22. The third kappa shape index (κ3) is 3.81. The molecule has 22 heavy (non-hydrogen) atoms. The largest absolute Gasteiger partial charge is 0.340 e. The van der Waals surface area contributed by atoms with Crippen molar-refractivity contribution in [3.05, 3.63) is 41.9 Å². The molecule has 1 aliphatic heterocycles. The fourth-order valence-electron chi connectivity index (χ4n) is 2.57. The Bertz CT molecular complexity index is 617. The summed E-state index contributed by atoms with van der Waals surface area (Å²) < 4.78 is 1.85. The van der Waals surface area contributed by atoms with Crippen molar-refractivity contribution in [3.63, 3.8) is 0 Å². The molecule has 2 heterocycles. The van der Waals surface area contributed by atoms with Crippen molar-refractivity contribution >= 4 is 29.3 Å². The summed E-state index contributed by atoms with van der Waals surface area (Å²) in [6.07, 6.45) is 5.30. The predicted octanol–water partition coefficient (Wildman–Crippen LogP) is 2.89. The van der Waals surface area contributed by atoms with E-state index >= 15 is 0 Å². The van der Waals surface area contributed by atoms with Gasteiger partial charge >= 0.3 is 0 Å². The normalized spacial score (nSPS) is 18.4. The second kappa shape index (κ2) is 7.15. The van der Waals surface area contributed by atoms with Crippen molar-refractivity contribution in [2.45, 2.75) is 23.8 Å². The van der Waals surface area contributed by atoms with Crippen LogP contribution in [0.25, 0.3) is 0 Å².